The van der Waals surface area contributed by atoms with Crippen LogP contribution in [0, 0.1) is 6.92 Å². The number of hydrogen-bond acceptors (Lipinski definition) is 8. The van der Waals surface area contributed by atoms with Gasteiger partial charge >= 0.3 is 5.69 Å². The van der Waals surface area contributed by atoms with E-state index >= 15 is 0 Å². The van der Waals surface area contributed by atoms with E-state index < -0.39 is 29.7 Å². The first kappa shape index (κ1) is 23.4. The van der Waals surface area contributed by atoms with Crippen LogP contribution in [-0.4, -0.2) is 55.8 Å². The molecule has 1 aromatic heterocycles. The van der Waals surface area contributed by atoms with Gasteiger partial charge in [0.2, 0.25) is 5.12 Å². The molecular weight excluding hydrogens is 470 g/mol. The lowest BCUT2D eigenvalue weighted by atomic mass is 10.0. The normalized spacial score (nSPS) is 24.9. The summed E-state index contributed by atoms with van der Waals surface area (Å²) in [6, 6.07) is 17.5. The summed E-state index contributed by atoms with van der Waals surface area (Å²) in [5.74, 6) is -0.0721. The highest BCUT2D eigenvalue weighted by Gasteiger charge is 2.62. The number of benzene rings is 2. The van der Waals surface area contributed by atoms with Crippen molar-refractivity contribution in [2.45, 2.75) is 31.0 Å². The molecule has 4 unspecified atom stereocenters. The zero-order chi connectivity index (χ0) is 24.6. The van der Waals surface area contributed by atoms with E-state index in [9.17, 15) is 19.5 Å². The molecule has 2 fully saturated rings. The summed E-state index contributed by atoms with van der Waals surface area (Å²) in [5, 5.41) is 13.4. The molecule has 4 atom stereocenters. The lowest BCUT2D eigenvalue weighted by Gasteiger charge is -2.30. The van der Waals surface area contributed by atoms with E-state index in [2.05, 4.69) is 10.3 Å². The van der Waals surface area contributed by atoms with Crippen molar-refractivity contribution >= 4 is 28.6 Å². The molecule has 5 rings (SSSR count). The van der Waals surface area contributed by atoms with Gasteiger partial charge < -0.3 is 19.9 Å². The molecule has 3 heterocycles. The van der Waals surface area contributed by atoms with Crippen LogP contribution in [0.25, 0.3) is 0 Å². The third-order valence-corrected chi connectivity index (χ3v) is 7.27. The van der Waals surface area contributed by atoms with Crippen molar-refractivity contribution in [2.75, 3.05) is 17.7 Å². The predicted octanol–water partition coefficient (Wildman–Crippen LogP) is 2.40. The van der Waals surface area contributed by atoms with E-state index in [0.29, 0.717) is 16.7 Å². The number of carbonyl (C=O) groups excluding carboxylic acids is 2. The van der Waals surface area contributed by atoms with Crippen LogP contribution in [0.2, 0.25) is 0 Å². The van der Waals surface area contributed by atoms with E-state index in [4.69, 9.17) is 9.47 Å². The highest BCUT2D eigenvalue weighted by atomic mass is 32.2. The lowest BCUT2D eigenvalue weighted by molar-refractivity contribution is -0.165. The van der Waals surface area contributed by atoms with Crippen LogP contribution in [0.1, 0.15) is 32.5 Å². The van der Waals surface area contributed by atoms with Crippen LogP contribution in [0.4, 0.5) is 5.82 Å². The number of aryl methyl sites for hydroxylation is 1. The molecule has 2 N–H and O–H groups in total. The van der Waals surface area contributed by atoms with Crippen molar-refractivity contribution in [3.63, 3.8) is 0 Å². The fourth-order valence-electron chi connectivity index (χ4n) is 4.23. The summed E-state index contributed by atoms with van der Waals surface area (Å²) in [6.45, 7) is 1.81. The Morgan fingerprint density at radius 3 is 2.49 bits per heavy atom. The number of amides is 1. The van der Waals surface area contributed by atoms with Gasteiger partial charge in [-0.05, 0) is 19.1 Å². The van der Waals surface area contributed by atoms with Gasteiger partial charge in [-0.15, -0.1) is 0 Å². The first-order valence-corrected chi connectivity index (χ1v) is 12.0. The molecule has 10 heteroatoms. The fraction of sp³-hybridized carbons (Fsp3) is 0.280. The van der Waals surface area contributed by atoms with Gasteiger partial charge in [-0.3, -0.25) is 14.2 Å². The largest absolute Gasteiger partial charge is 0.387 e. The molecule has 0 aliphatic carbocycles. The number of thioether (sulfide) groups is 1. The number of fused-ring (bicyclic) bond motifs is 2. The Labute approximate surface area is 205 Å². The number of ether oxygens (including phenoxy) is 2. The van der Waals surface area contributed by atoms with Crippen LogP contribution in [0.15, 0.2) is 71.7 Å². The Balaban J connectivity index is 1.32. The standard InChI is InChI=1S/C25H23N3O6S/c1-15-12-28(24(32)27-20(15)26-21(30)16-8-4-2-5-9-16)22-18-19(29)25(34-22,13-33-18)14-35-23(31)17-10-6-3-7-11-17/h2-12,18-19,22,29H,13-14H2,1H3,(H,26,27,30,32). The van der Waals surface area contributed by atoms with Crippen molar-refractivity contribution in [3.8, 4) is 0 Å². The topological polar surface area (TPSA) is 120 Å². The third-order valence-electron chi connectivity index (χ3n) is 6.14. The van der Waals surface area contributed by atoms with Gasteiger partial charge in [-0.2, -0.15) is 4.98 Å². The Morgan fingerprint density at radius 1 is 1.14 bits per heavy atom. The molecule has 35 heavy (non-hydrogen) atoms. The fourth-order valence-corrected chi connectivity index (χ4v) is 5.23. The molecule has 2 saturated heterocycles. The quantitative estimate of drug-likeness (QED) is 0.537. The smallest absolute Gasteiger partial charge is 0.351 e. The highest BCUT2D eigenvalue weighted by molar-refractivity contribution is 8.14. The molecular formula is C25H23N3O6S. The minimum Gasteiger partial charge on any atom is -0.387 e. The summed E-state index contributed by atoms with van der Waals surface area (Å²) in [7, 11) is 0. The lowest BCUT2D eigenvalue weighted by Crippen LogP contribution is -2.44. The molecule has 9 nitrogen and oxygen atoms in total. The van der Waals surface area contributed by atoms with Gasteiger partial charge in [-0.1, -0.05) is 60.3 Å². The SMILES string of the molecule is Cc1cn(C2OC3(CSC(=O)c4ccccc4)COC2C3O)c(=O)nc1NC(=O)c1ccccc1. The maximum absolute atomic E-state index is 12.9. The molecule has 1 amide bonds. The molecule has 2 aromatic carbocycles. The maximum atomic E-state index is 12.9. The summed E-state index contributed by atoms with van der Waals surface area (Å²) in [6.07, 6.45) is -1.20. The number of anilines is 1. The van der Waals surface area contributed by atoms with Gasteiger partial charge in [0.05, 0.1) is 6.61 Å². The average Bonchev–Trinajstić information content (AvgIpc) is 3.34. The van der Waals surface area contributed by atoms with Crippen molar-refractivity contribution in [2.24, 2.45) is 0 Å². The van der Waals surface area contributed by atoms with Gasteiger partial charge in [0.15, 0.2) is 6.23 Å². The number of aromatic nitrogens is 2. The van der Waals surface area contributed by atoms with E-state index in [0.717, 1.165) is 11.8 Å². The average molecular weight is 494 g/mol. The minimum atomic E-state index is -1.13. The second kappa shape index (κ2) is 9.38. The van der Waals surface area contributed by atoms with Crippen molar-refractivity contribution < 1.29 is 24.2 Å². The second-order valence-electron chi connectivity index (χ2n) is 8.52. The van der Waals surface area contributed by atoms with Crippen molar-refractivity contribution in [1.29, 1.82) is 0 Å². The molecule has 2 aliphatic heterocycles. The number of nitrogens with zero attached hydrogens (tertiary/aromatic N) is 2. The summed E-state index contributed by atoms with van der Waals surface area (Å²) >= 11 is 1.04. The second-order valence-corrected chi connectivity index (χ2v) is 9.47. The van der Waals surface area contributed by atoms with Crippen LogP contribution in [0.5, 0.6) is 0 Å². The Hall–Kier alpha value is -3.31. The summed E-state index contributed by atoms with van der Waals surface area (Å²) in [4.78, 5) is 41.9. The Morgan fingerprint density at radius 2 is 1.80 bits per heavy atom. The Bertz CT molecular complexity index is 1320. The van der Waals surface area contributed by atoms with Crippen LogP contribution >= 0.6 is 11.8 Å². The molecule has 180 valence electrons. The number of carbonyl (C=O) groups is 2. The molecule has 2 aliphatic rings. The van der Waals surface area contributed by atoms with Gasteiger partial charge in [0.1, 0.15) is 23.6 Å². The van der Waals surface area contributed by atoms with Gasteiger partial charge in [0.25, 0.3) is 5.91 Å². The van der Waals surface area contributed by atoms with E-state index in [1.165, 1.54) is 10.8 Å². The maximum Gasteiger partial charge on any atom is 0.351 e. The van der Waals surface area contributed by atoms with Crippen LogP contribution in [-0.2, 0) is 9.47 Å². The van der Waals surface area contributed by atoms with Crippen molar-refractivity contribution in [3.05, 3.63) is 94.0 Å². The first-order valence-electron chi connectivity index (χ1n) is 11.0. The number of aliphatic hydroxyl groups excluding tert-OH is 1. The third kappa shape index (κ3) is 4.41. The van der Waals surface area contributed by atoms with Gasteiger partial charge in [0, 0.05) is 28.6 Å². The summed E-state index contributed by atoms with van der Waals surface area (Å²) in [5.41, 5.74) is -0.251. The first-order chi connectivity index (χ1) is 16.9. The van der Waals surface area contributed by atoms with E-state index in [1.54, 1.807) is 61.5 Å². The monoisotopic (exact) mass is 493 g/mol. The number of aliphatic hydroxyl groups is 1. The predicted molar refractivity (Wildman–Crippen MR) is 129 cm³/mol. The highest BCUT2D eigenvalue weighted by Crippen LogP contribution is 2.46. The zero-order valence-electron chi connectivity index (χ0n) is 18.8. The van der Waals surface area contributed by atoms with Gasteiger partial charge in [-0.25, -0.2) is 4.79 Å². The molecule has 0 radical (unpaired) electrons. The Kier molecular flexibility index (Phi) is 6.28. The molecule has 0 spiro atoms. The number of nitrogens with one attached hydrogen (secondary N) is 1. The number of rotatable bonds is 6. The molecule has 2 bridgehead atoms. The van der Waals surface area contributed by atoms with Crippen LogP contribution < -0.4 is 11.0 Å². The van der Waals surface area contributed by atoms with Crippen LogP contribution in [0.3, 0.4) is 0 Å². The van der Waals surface area contributed by atoms with Crippen molar-refractivity contribution in [1.82, 2.24) is 9.55 Å². The molecule has 3 aromatic rings. The summed E-state index contributed by atoms with van der Waals surface area (Å²) < 4.78 is 13.2. The van der Waals surface area contributed by atoms with E-state index in [1.807, 2.05) is 6.07 Å². The number of hydrogen-bond donors (Lipinski definition) is 2. The zero-order valence-corrected chi connectivity index (χ0v) is 19.6. The van der Waals surface area contributed by atoms with E-state index in [-0.39, 0.29) is 29.2 Å². The minimum absolute atomic E-state index is 0.108. The molecule has 0 saturated carbocycles.